The largest absolute Gasteiger partial charge is 0.493 e. The molecule has 0 aliphatic carbocycles. The van der Waals surface area contributed by atoms with Gasteiger partial charge in [0.1, 0.15) is 11.6 Å². The number of methoxy groups -OCH3 is 2. The standard InChI is InChI=1S/C18H22N2O4/c1-6-24-18(21)15(12-19)14(9-10-20(2)3)13-7-8-16(22-4)17(11-13)23-5/h7-11H,6H2,1-5H3/b10-9+,15-14-. The van der Waals surface area contributed by atoms with Crippen LogP contribution in [0.4, 0.5) is 0 Å². The first-order valence-electron chi connectivity index (χ1n) is 7.37. The van der Waals surface area contributed by atoms with Crippen molar-refractivity contribution in [2.45, 2.75) is 6.92 Å². The number of rotatable bonds is 7. The fourth-order valence-corrected chi connectivity index (χ4v) is 1.97. The normalized spacial score (nSPS) is 11.5. The van der Waals surface area contributed by atoms with Gasteiger partial charge in [0, 0.05) is 19.7 Å². The molecular formula is C18H22N2O4. The maximum atomic E-state index is 12.1. The van der Waals surface area contributed by atoms with E-state index >= 15 is 0 Å². The second-order valence-corrected chi connectivity index (χ2v) is 4.97. The maximum Gasteiger partial charge on any atom is 0.349 e. The van der Waals surface area contributed by atoms with Crippen molar-refractivity contribution in [1.29, 1.82) is 5.26 Å². The minimum Gasteiger partial charge on any atom is -0.493 e. The van der Waals surface area contributed by atoms with Gasteiger partial charge in [-0.1, -0.05) is 6.07 Å². The molecule has 1 aromatic carbocycles. The summed E-state index contributed by atoms with van der Waals surface area (Å²) in [5.41, 5.74) is 1.03. The molecule has 0 aliphatic heterocycles. The van der Waals surface area contributed by atoms with Crippen LogP contribution in [-0.4, -0.2) is 45.8 Å². The predicted octanol–water partition coefficient (Wildman–Crippen LogP) is 2.62. The Hall–Kier alpha value is -2.94. The topological polar surface area (TPSA) is 71.8 Å². The maximum absolute atomic E-state index is 12.1. The number of benzene rings is 1. The highest BCUT2D eigenvalue weighted by molar-refractivity contribution is 6.04. The molecule has 0 amide bonds. The number of hydrogen-bond donors (Lipinski definition) is 0. The number of allylic oxidation sites excluding steroid dienone is 2. The van der Waals surface area contributed by atoms with Crippen molar-refractivity contribution in [2.75, 3.05) is 34.9 Å². The molecule has 0 bridgehead atoms. The highest BCUT2D eigenvalue weighted by atomic mass is 16.5. The van der Waals surface area contributed by atoms with Crippen LogP contribution in [0.15, 0.2) is 36.0 Å². The molecule has 0 fully saturated rings. The molecule has 1 aromatic rings. The zero-order valence-corrected chi connectivity index (χ0v) is 14.6. The van der Waals surface area contributed by atoms with E-state index < -0.39 is 5.97 Å². The lowest BCUT2D eigenvalue weighted by Gasteiger charge is -2.12. The number of nitrogens with zero attached hydrogens (tertiary/aromatic N) is 2. The Morgan fingerprint density at radius 1 is 1.25 bits per heavy atom. The summed E-state index contributed by atoms with van der Waals surface area (Å²) in [6.07, 6.45) is 3.44. The molecule has 1 rings (SSSR count). The average Bonchev–Trinajstić information content (AvgIpc) is 2.57. The zero-order valence-electron chi connectivity index (χ0n) is 14.6. The molecule has 0 N–H and O–H groups in total. The van der Waals surface area contributed by atoms with Gasteiger partial charge in [-0.25, -0.2) is 4.79 Å². The molecule has 24 heavy (non-hydrogen) atoms. The molecule has 0 saturated heterocycles. The van der Waals surface area contributed by atoms with Crippen LogP contribution < -0.4 is 9.47 Å². The summed E-state index contributed by atoms with van der Waals surface area (Å²) in [6.45, 7) is 1.89. The third-order valence-electron chi connectivity index (χ3n) is 3.09. The minimum absolute atomic E-state index is 0.0674. The quantitative estimate of drug-likeness (QED) is 0.331. The lowest BCUT2D eigenvalue weighted by atomic mass is 9.99. The van der Waals surface area contributed by atoms with Gasteiger partial charge in [-0.2, -0.15) is 5.26 Å². The lowest BCUT2D eigenvalue weighted by molar-refractivity contribution is -0.137. The molecule has 128 valence electrons. The number of carbonyl (C=O) groups is 1. The molecule has 0 radical (unpaired) electrons. The highest BCUT2D eigenvalue weighted by Crippen LogP contribution is 2.32. The summed E-state index contributed by atoms with van der Waals surface area (Å²) >= 11 is 0. The van der Waals surface area contributed by atoms with Crippen LogP contribution in [0.25, 0.3) is 5.57 Å². The van der Waals surface area contributed by atoms with Crippen LogP contribution in [0, 0.1) is 11.3 Å². The van der Waals surface area contributed by atoms with Crippen molar-refractivity contribution >= 4 is 11.5 Å². The smallest absolute Gasteiger partial charge is 0.349 e. The van der Waals surface area contributed by atoms with Crippen molar-refractivity contribution in [3.05, 3.63) is 41.6 Å². The number of esters is 1. The van der Waals surface area contributed by atoms with Crippen LogP contribution in [0.1, 0.15) is 12.5 Å². The van der Waals surface area contributed by atoms with Gasteiger partial charge in [-0.3, -0.25) is 0 Å². The minimum atomic E-state index is -0.659. The molecule has 0 spiro atoms. The van der Waals surface area contributed by atoms with Crippen LogP contribution in [0.2, 0.25) is 0 Å². The van der Waals surface area contributed by atoms with Crippen molar-refractivity contribution in [2.24, 2.45) is 0 Å². The van der Waals surface area contributed by atoms with E-state index in [-0.39, 0.29) is 12.2 Å². The summed E-state index contributed by atoms with van der Waals surface area (Å²) < 4.78 is 15.5. The van der Waals surface area contributed by atoms with E-state index in [1.807, 2.05) is 20.2 Å². The third-order valence-corrected chi connectivity index (χ3v) is 3.09. The fraction of sp³-hybridized carbons (Fsp3) is 0.333. The van der Waals surface area contributed by atoms with E-state index in [1.165, 1.54) is 7.11 Å². The van der Waals surface area contributed by atoms with Gasteiger partial charge in [0.2, 0.25) is 0 Å². The van der Waals surface area contributed by atoms with Crippen LogP contribution in [0.5, 0.6) is 11.5 Å². The molecule has 0 heterocycles. The lowest BCUT2D eigenvalue weighted by Crippen LogP contribution is -2.09. The number of carbonyl (C=O) groups excluding carboxylic acids is 1. The SMILES string of the molecule is CCOC(=O)/C(C#N)=C(/C=C/N(C)C)c1ccc(OC)c(OC)c1. The average molecular weight is 330 g/mol. The first kappa shape index (κ1) is 19.1. The molecule has 0 atom stereocenters. The summed E-state index contributed by atoms with van der Waals surface area (Å²) in [7, 11) is 6.76. The Morgan fingerprint density at radius 3 is 2.42 bits per heavy atom. The first-order valence-corrected chi connectivity index (χ1v) is 7.37. The van der Waals surface area contributed by atoms with Crippen LogP contribution >= 0.6 is 0 Å². The molecule has 6 heteroatoms. The summed E-state index contributed by atoms with van der Waals surface area (Å²) in [5, 5.41) is 9.44. The summed E-state index contributed by atoms with van der Waals surface area (Å²) in [6, 6.07) is 7.13. The van der Waals surface area contributed by atoms with Gasteiger partial charge in [-0.15, -0.1) is 0 Å². The Labute approximate surface area is 142 Å². The molecule has 6 nitrogen and oxygen atoms in total. The van der Waals surface area contributed by atoms with Gasteiger partial charge in [0.25, 0.3) is 0 Å². The number of hydrogen-bond acceptors (Lipinski definition) is 6. The Balaban J connectivity index is 3.54. The van der Waals surface area contributed by atoms with Crippen molar-refractivity contribution < 1.29 is 19.0 Å². The van der Waals surface area contributed by atoms with Crippen LogP contribution in [0.3, 0.4) is 0 Å². The molecular weight excluding hydrogens is 308 g/mol. The van der Waals surface area contributed by atoms with Crippen molar-refractivity contribution in [3.63, 3.8) is 0 Å². The Bertz CT molecular complexity index is 685. The monoisotopic (exact) mass is 330 g/mol. The van der Waals surface area contributed by atoms with E-state index in [0.717, 1.165) is 0 Å². The molecule has 0 aromatic heterocycles. The molecule has 0 aliphatic rings. The van der Waals surface area contributed by atoms with Crippen molar-refractivity contribution in [3.8, 4) is 17.6 Å². The second kappa shape index (κ2) is 9.26. The Kier molecular flexibility index (Phi) is 7.37. The van der Waals surface area contributed by atoms with E-state index in [0.29, 0.717) is 22.6 Å². The molecule has 0 unspecified atom stereocenters. The summed E-state index contributed by atoms with van der Waals surface area (Å²) in [4.78, 5) is 13.9. The fourth-order valence-electron chi connectivity index (χ4n) is 1.97. The zero-order chi connectivity index (χ0) is 18.1. The highest BCUT2D eigenvalue weighted by Gasteiger charge is 2.18. The van der Waals surface area contributed by atoms with E-state index in [1.54, 1.807) is 49.4 Å². The Morgan fingerprint density at radius 2 is 1.92 bits per heavy atom. The first-order chi connectivity index (χ1) is 11.5. The predicted molar refractivity (Wildman–Crippen MR) is 91.5 cm³/mol. The van der Waals surface area contributed by atoms with Gasteiger partial charge >= 0.3 is 5.97 Å². The number of nitriles is 1. The molecule has 0 saturated carbocycles. The van der Waals surface area contributed by atoms with Gasteiger partial charge in [-0.05, 0) is 36.9 Å². The summed E-state index contributed by atoms with van der Waals surface area (Å²) in [5.74, 6) is 0.409. The van der Waals surface area contributed by atoms with Gasteiger partial charge in [0.15, 0.2) is 11.5 Å². The van der Waals surface area contributed by atoms with Crippen molar-refractivity contribution in [1.82, 2.24) is 4.90 Å². The van der Waals surface area contributed by atoms with Gasteiger partial charge < -0.3 is 19.1 Å². The third kappa shape index (κ3) is 4.78. The van der Waals surface area contributed by atoms with E-state index in [4.69, 9.17) is 14.2 Å². The van der Waals surface area contributed by atoms with E-state index in [9.17, 15) is 10.1 Å². The number of ether oxygens (including phenoxy) is 3. The van der Waals surface area contributed by atoms with Gasteiger partial charge in [0.05, 0.1) is 20.8 Å². The van der Waals surface area contributed by atoms with E-state index in [2.05, 4.69) is 0 Å². The second-order valence-electron chi connectivity index (χ2n) is 4.97. The van der Waals surface area contributed by atoms with Crippen LogP contribution in [-0.2, 0) is 9.53 Å².